The van der Waals surface area contributed by atoms with E-state index in [1.807, 2.05) is 24.3 Å². The van der Waals surface area contributed by atoms with E-state index in [4.69, 9.17) is 0 Å². The van der Waals surface area contributed by atoms with E-state index in [9.17, 15) is 9.90 Å². The highest BCUT2D eigenvalue weighted by Crippen LogP contribution is 2.24. The number of halogens is 2. The van der Waals surface area contributed by atoms with Crippen molar-refractivity contribution in [3.8, 4) is 5.75 Å². The summed E-state index contributed by atoms with van der Waals surface area (Å²) in [5.74, 6) is -0.156. The molecule has 0 aliphatic heterocycles. The number of phenolic OH excluding ortho intramolecular Hbond substituents is 1. The number of aromatic hydroxyl groups is 1. The largest absolute Gasteiger partial charge is 0.507 e. The van der Waals surface area contributed by atoms with E-state index >= 15 is 0 Å². The second-order valence-electron chi connectivity index (χ2n) is 4.30. The zero-order valence-corrected chi connectivity index (χ0v) is 13.7. The van der Waals surface area contributed by atoms with Crippen molar-refractivity contribution in [1.82, 2.24) is 5.32 Å². The van der Waals surface area contributed by atoms with Gasteiger partial charge < -0.3 is 10.4 Å². The normalized spacial score (nSPS) is 10.3. The predicted octanol–water partition coefficient (Wildman–Crippen LogP) is 3.98. The molecule has 0 aromatic heterocycles. The fraction of sp³-hybridized carbons (Fsp3) is 0.133. The number of carbonyl (C=O) groups excluding carboxylic acids is 1. The molecule has 104 valence electrons. The fourth-order valence-corrected chi connectivity index (χ4v) is 2.30. The Hall–Kier alpha value is -1.33. The van der Waals surface area contributed by atoms with E-state index in [-0.39, 0.29) is 11.7 Å². The van der Waals surface area contributed by atoms with Gasteiger partial charge in [-0.3, -0.25) is 4.79 Å². The maximum atomic E-state index is 12.0. The standard InChI is InChI=1S/C15H13Br2NO2/c16-8-10-1-3-11(4-2-10)9-18-15(20)12-5-6-13(17)14(19)7-12/h1-7,19H,8-9H2,(H,18,20). The lowest BCUT2D eigenvalue weighted by Crippen LogP contribution is -2.22. The van der Waals surface area contributed by atoms with Crippen molar-refractivity contribution in [3.63, 3.8) is 0 Å². The summed E-state index contributed by atoms with van der Waals surface area (Å²) in [7, 11) is 0. The minimum atomic E-state index is -0.211. The quantitative estimate of drug-likeness (QED) is 0.765. The molecule has 5 heteroatoms. The van der Waals surface area contributed by atoms with Gasteiger partial charge in [-0.05, 0) is 45.3 Å². The Morgan fingerprint density at radius 1 is 1.10 bits per heavy atom. The van der Waals surface area contributed by atoms with Gasteiger partial charge in [0, 0.05) is 17.4 Å². The van der Waals surface area contributed by atoms with E-state index in [2.05, 4.69) is 37.2 Å². The van der Waals surface area contributed by atoms with Gasteiger partial charge >= 0.3 is 0 Å². The van der Waals surface area contributed by atoms with Crippen LogP contribution >= 0.6 is 31.9 Å². The molecule has 2 N–H and O–H groups in total. The molecule has 0 bridgehead atoms. The Bertz CT molecular complexity index is 612. The number of hydrogen-bond acceptors (Lipinski definition) is 2. The first-order valence-electron chi connectivity index (χ1n) is 6.00. The van der Waals surface area contributed by atoms with Gasteiger partial charge in [-0.15, -0.1) is 0 Å². The lowest BCUT2D eigenvalue weighted by molar-refractivity contribution is 0.0950. The van der Waals surface area contributed by atoms with Crippen molar-refractivity contribution in [2.75, 3.05) is 0 Å². The van der Waals surface area contributed by atoms with E-state index < -0.39 is 0 Å². The van der Waals surface area contributed by atoms with Crippen LogP contribution in [0.4, 0.5) is 0 Å². The minimum Gasteiger partial charge on any atom is -0.507 e. The lowest BCUT2D eigenvalue weighted by atomic mass is 10.1. The third-order valence-electron chi connectivity index (χ3n) is 2.84. The van der Waals surface area contributed by atoms with Crippen LogP contribution < -0.4 is 5.32 Å². The Morgan fingerprint density at radius 2 is 1.75 bits per heavy atom. The molecule has 0 radical (unpaired) electrons. The molecule has 0 fully saturated rings. The zero-order valence-electron chi connectivity index (χ0n) is 10.6. The molecule has 0 aliphatic carbocycles. The third kappa shape index (κ3) is 3.84. The minimum absolute atomic E-state index is 0.0549. The van der Waals surface area contributed by atoms with Crippen LogP contribution in [-0.2, 0) is 11.9 Å². The molecule has 0 aliphatic rings. The molecule has 0 saturated heterocycles. The average molecular weight is 399 g/mol. The highest BCUT2D eigenvalue weighted by molar-refractivity contribution is 9.10. The van der Waals surface area contributed by atoms with Crippen LogP contribution in [0.5, 0.6) is 5.75 Å². The van der Waals surface area contributed by atoms with Gasteiger partial charge in [0.25, 0.3) is 5.91 Å². The molecular formula is C15H13Br2NO2. The smallest absolute Gasteiger partial charge is 0.251 e. The predicted molar refractivity (Wildman–Crippen MR) is 86.1 cm³/mol. The van der Waals surface area contributed by atoms with Crippen molar-refractivity contribution in [2.24, 2.45) is 0 Å². The van der Waals surface area contributed by atoms with E-state index in [0.717, 1.165) is 10.9 Å². The second kappa shape index (κ2) is 6.90. The molecule has 3 nitrogen and oxygen atoms in total. The number of hydrogen-bond donors (Lipinski definition) is 2. The zero-order chi connectivity index (χ0) is 14.5. The van der Waals surface area contributed by atoms with Crippen molar-refractivity contribution >= 4 is 37.8 Å². The monoisotopic (exact) mass is 397 g/mol. The van der Waals surface area contributed by atoms with E-state index in [1.165, 1.54) is 11.6 Å². The topological polar surface area (TPSA) is 49.3 Å². The molecule has 2 aromatic carbocycles. The van der Waals surface area contributed by atoms with Crippen LogP contribution in [0.25, 0.3) is 0 Å². The van der Waals surface area contributed by atoms with Crippen LogP contribution in [0, 0.1) is 0 Å². The molecule has 2 rings (SSSR count). The SMILES string of the molecule is O=C(NCc1ccc(CBr)cc1)c1ccc(Br)c(O)c1. The van der Waals surface area contributed by atoms with E-state index in [1.54, 1.807) is 12.1 Å². The van der Waals surface area contributed by atoms with Gasteiger partial charge in [-0.2, -0.15) is 0 Å². The van der Waals surface area contributed by atoms with Crippen molar-refractivity contribution in [2.45, 2.75) is 11.9 Å². The average Bonchev–Trinajstić information content (AvgIpc) is 2.48. The first-order valence-corrected chi connectivity index (χ1v) is 7.92. The molecule has 0 heterocycles. The molecule has 2 aromatic rings. The van der Waals surface area contributed by atoms with Crippen LogP contribution in [0.3, 0.4) is 0 Å². The number of amides is 1. The molecular weight excluding hydrogens is 386 g/mol. The van der Waals surface area contributed by atoms with Gasteiger partial charge in [0.05, 0.1) is 4.47 Å². The number of rotatable bonds is 4. The molecule has 0 unspecified atom stereocenters. The van der Waals surface area contributed by atoms with Crippen LogP contribution in [0.15, 0.2) is 46.9 Å². The maximum Gasteiger partial charge on any atom is 0.251 e. The Labute approximate surface area is 134 Å². The second-order valence-corrected chi connectivity index (χ2v) is 5.71. The summed E-state index contributed by atoms with van der Waals surface area (Å²) < 4.78 is 0.569. The number of benzene rings is 2. The Kier molecular flexibility index (Phi) is 5.20. The lowest BCUT2D eigenvalue weighted by Gasteiger charge is -2.07. The molecule has 20 heavy (non-hydrogen) atoms. The van der Waals surface area contributed by atoms with Crippen LogP contribution in [-0.4, -0.2) is 11.0 Å². The number of nitrogens with one attached hydrogen (secondary N) is 1. The molecule has 0 spiro atoms. The number of phenols is 1. The highest BCUT2D eigenvalue weighted by atomic mass is 79.9. The van der Waals surface area contributed by atoms with Crippen LogP contribution in [0.2, 0.25) is 0 Å². The van der Waals surface area contributed by atoms with Crippen LogP contribution in [0.1, 0.15) is 21.5 Å². The van der Waals surface area contributed by atoms with E-state index in [0.29, 0.717) is 16.6 Å². The van der Waals surface area contributed by atoms with Gasteiger partial charge in [0.1, 0.15) is 5.75 Å². The van der Waals surface area contributed by atoms with Crippen molar-refractivity contribution < 1.29 is 9.90 Å². The summed E-state index contributed by atoms with van der Waals surface area (Å²) in [6, 6.07) is 12.7. The maximum absolute atomic E-state index is 12.0. The Morgan fingerprint density at radius 3 is 2.35 bits per heavy atom. The first kappa shape index (κ1) is 15.1. The summed E-state index contributed by atoms with van der Waals surface area (Å²) in [6.45, 7) is 0.457. The van der Waals surface area contributed by atoms with Gasteiger partial charge in [-0.25, -0.2) is 0 Å². The van der Waals surface area contributed by atoms with Crippen molar-refractivity contribution in [1.29, 1.82) is 0 Å². The van der Waals surface area contributed by atoms with Gasteiger partial charge in [-0.1, -0.05) is 40.2 Å². The molecule has 0 atom stereocenters. The number of carbonyl (C=O) groups is 1. The summed E-state index contributed by atoms with van der Waals surface area (Å²) >= 11 is 6.57. The first-order chi connectivity index (χ1) is 9.60. The number of alkyl halides is 1. The third-order valence-corrected chi connectivity index (χ3v) is 4.16. The van der Waals surface area contributed by atoms with Gasteiger partial charge in [0.15, 0.2) is 0 Å². The molecule has 0 saturated carbocycles. The summed E-state index contributed by atoms with van der Waals surface area (Å²) in [4.78, 5) is 12.0. The summed E-state index contributed by atoms with van der Waals surface area (Å²) in [5.41, 5.74) is 2.66. The highest BCUT2D eigenvalue weighted by Gasteiger charge is 2.07. The molecule has 1 amide bonds. The summed E-state index contributed by atoms with van der Waals surface area (Å²) in [6.07, 6.45) is 0. The summed E-state index contributed by atoms with van der Waals surface area (Å²) in [5, 5.41) is 13.2. The fourth-order valence-electron chi connectivity index (χ4n) is 1.68. The van der Waals surface area contributed by atoms with Gasteiger partial charge in [0.2, 0.25) is 0 Å². The Balaban J connectivity index is 1.98. The van der Waals surface area contributed by atoms with Crippen molar-refractivity contribution in [3.05, 3.63) is 63.6 Å².